The zero-order valence-electron chi connectivity index (χ0n) is 13.8. The molecule has 1 heterocycles. The van der Waals surface area contributed by atoms with Gasteiger partial charge in [-0.2, -0.15) is 0 Å². The Labute approximate surface area is 138 Å². The zero-order chi connectivity index (χ0) is 17.7. The smallest absolute Gasteiger partial charge is 0.254 e. The zero-order valence-corrected chi connectivity index (χ0v) is 13.8. The molecule has 0 bridgehead atoms. The molecule has 1 amide bonds. The van der Waals surface area contributed by atoms with Crippen LogP contribution in [0.25, 0.3) is 0 Å². The molecule has 1 N–H and O–H groups in total. The lowest BCUT2D eigenvalue weighted by atomic mass is 10.2. The summed E-state index contributed by atoms with van der Waals surface area (Å²) in [6.07, 6.45) is 0. The molecule has 1 aromatic heterocycles. The van der Waals surface area contributed by atoms with Crippen molar-refractivity contribution in [2.45, 2.75) is 13.5 Å². The van der Waals surface area contributed by atoms with Crippen molar-refractivity contribution in [3.8, 4) is 11.5 Å². The third-order valence-corrected chi connectivity index (χ3v) is 3.58. The maximum Gasteiger partial charge on any atom is 0.254 e. The van der Waals surface area contributed by atoms with Crippen LogP contribution in [0.3, 0.4) is 0 Å². The van der Waals surface area contributed by atoms with Crippen LogP contribution < -0.4 is 20.3 Å². The molecule has 128 valence electrons. The Balaban J connectivity index is 2.01. The van der Waals surface area contributed by atoms with Crippen molar-refractivity contribution in [2.75, 3.05) is 20.8 Å². The Morgan fingerprint density at radius 2 is 1.96 bits per heavy atom. The second-order valence-corrected chi connectivity index (χ2v) is 5.13. The number of pyridine rings is 1. The molecular formula is C17H19FN2O4. The van der Waals surface area contributed by atoms with Crippen LogP contribution in [0.2, 0.25) is 0 Å². The number of carbonyl (C=O) groups is 1. The summed E-state index contributed by atoms with van der Waals surface area (Å²) >= 11 is 0. The molecule has 2 rings (SSSR count). The quantitative estimate of drug-likeness (QED) is 0.874. The predicted octanol–water partition coefficient (Wildman–Crippen LogP) is 1.74. The first kappa shape index (κ1) is 17.5. The number of aryl methyl sites for hydroxylation is 1. The van der Waals surface area contributed by atoms with Gasteiger partial charge in [0, 0.05) is 30.4 Å². The molecule has 0 unspecified atom stereocenters. The highest BCUT2D eigenvalue weighted by Gasteiger charge is 2.10. The molecular weight excluding hydrogens is 315 g/mol. The van der Waals surface area contributed by atoms with Crippen molar-refractivity contribution in [1.29, 1.82) is 0 Å². The van der Waals surface area contributed by atoms with Crippen LogP contribution in [0.1, 0.15) is 16.1 Å². The van der Waals surface area contributed by atoms with E-state index in [4.69, 9.17) is 9.47 Å². The van der Waals surface area contributed by atoms with E-state index < -0.39 is 11.7 Å². The first-order chi connectivity index (χ1) is 11.5. The lowest BCUT2D eigenvalue weighted by Crippen LogP contribution is -2.31. The van der Waals surface area contributed by atoms with Gasteiger partial charge >= 0.3 is 0 Å². The van der Waals surface area contributed by atoms with E-state index in [2.05, 4.69) is 5.32 Å². The highest BCUT2D eigenvalue weighted by molar-refractivity contribution is 5.94. The van der Waals surface area contributed by atoms with Crippen molar-refractivity contribution in [3.05, 3.63) is 57.8 Å². The third-order valence-electron chi connectivity index (χ3n) is 3.58. The summed E-state index contributed by atoms with van der Waals surface area (Å²) in [5.41, 5.74) is 0.702. The van der Waals surface area contributed by atoms with Crippen LogP contribution in [0.5, 0.6) is 11.5 Å². The number of amides is 1. The number of rotatable bonds is 6. The number of methoxy groups -OCH3 is 2. The van der Waals surface area contributed by atoms with Crippen LogP contribution in [0.4, 0.5) is 4.39 Å². The molecule has 0 aliphatic rings. The van der Waals surface area contributed by atoms with Gasteiger partial charge < -0.3 is 19.4 Å². The second-order valence-electron chi connectivity index (χ2n) is 5.13. The van der Waals surface area contributed by atoms with E-state index in [1.807, 2.05) is 0 Å². The van der Waals surface area contributed by atoms with Gasteiger partial charge in [0.1, 0.15) is 5.75 Å². The Kier molecular flexibility index (Phi) is 5.57. The Morgan fingerprint density at radius 1 is 1.21 bits per heavy atom. The summed E-state index contributed by atoms with van der Waals surface area (Å²) in [6.45, 7) is 2.32. The summed E-state index contributed by atoms with van der Waals surface area (Å²) in [7, 11) is 2.85. The standard InChI is InChI=1S/C17H19FN2O4/c1-11-8-13(23-2)10-16(21)20(11)7-6-19-17(22)12-4-5-15(24-3)14(18)9-12/h4-5,8-10H,6-7H2,1-3H3,(H,19,22). The van der Waals surface area contributed by atoms with Crippen LogP contribution in [-0.2, 0) is 6.54 Å². The predicted molar refractivity (Wildman–Crippen MR) is 87.3 cm³/mol. The van der Waals surface area contributed by atoms with E-state index in [1.165, 1.54) is 37.0 Å². The summed E-state index contributed by atoms with van der Waals surface area (Å²) in [4.78, 5) is 24.0. The normalized spacial score (nSPS) is 10.3. The fraction of sp³-hybridized carbons (Fsp3) is 0.294. The van der Waals surface area contributed by atoms with Gasteiger partial charge in [-0.15, -0.1) is 0 Å². The highest BCUT2D eigenvalue weighted by Crippen LogP contribution is 2.17. The molecule has 0 saturated carbocycles. The lowest BCUT2D eigenvalue weighted by Gasteiger charge is -2.12. The van der Waals surface area contributed by atoms with E-state index in [0.29, 0.717) is 12.3 Å². The van der Waals surface area contributed by atoms with Gasteiger partial charge in [-0.3, -0.25) is 9.59 Å². The molecule has 0 spiro atoms. The molecule has 0 fully saturated rings. The molecule has 0 atom stereocenters. The molecule has 1 aromatic carbocycles. The number of benzene rings is 1. The fourth-order valence-corrected chi connectivity index (χ4v) is 2.29. The number of nitrogens with zero attached hydrogens (tertiary/aromatic N) is 1. The van der Waals surface area contributed by atoms with Crippen molar-refractivity contribution in [2.24, 2.45) is 0 Å². The topological polar surface area (TPSA) is 69.6 Å². The third kappa shape index (κ3) is 3.92. The van der Waals surface area contributed by atoms with Gasteiger partial charge in [-0.25, -0.2) is 4.39 Å². The number of hydrogen-bond donors (Lipinski definition) is 1. The Hall–Kier alpha value is -2.83. The maximum absolute atomic E-state index is 13.6. The number of hydrogen-bond acceptors (Lipinski definition) is 4. The first-order valence-corrected chi connectivity index (χ1v) is 7.33. The van der Waals surface area contributed by atoms with Crippen molar-refractivity contribution in [3.63, 3.8) is 0 Å². The van der Waals surface area contributed by atoms with Crippen LogP contribution in [0, 0.1) is 12.7 Å². The van der Waals surface area contributed by atoms with E-state index >= 15 is 0 Å². The monoisotopic (exact) mass is 334 g/mol. The molecule has 0 aliphatic carbocycles. The van der Waals surface area contributed by atoms with Crippen LogP contribution >= 0.6 is 0 Å². The van der Waals surface area contributed by atoms with Crippen LogP contribution in [0.15, 0.2) is 35.1 Å². The summed E-state index contributed by atoms with van der Waals surface area (Å²) in [5.74, 6) is -0.457. The summed E-state index contributed by atoms with van der Waals surface area (Å²) in [6, 6.07) is 7.10. The van der Waals surface area contributed by atoms with Gasteiger partial charge in [0.2, 0.25) is 0 Å². The number of carbonyl (C=O) groups excluding carboxylic acids is 1. The molecule has 0 aliphatic heterocycles. The average molecular weight is 334 g/mol. The Morgan fingerprint density at radius 3 is 2.54 bits per heavy atom. The van der Waals surface area contributed by atoms with Crippen LogP contribution in [-0.4, -0.2) is 31.2 Å². The van der Waals surface area contributed by atoms with E-state index in [0.717, 1.165) is 11.8 Å². The molecule has 6 nitrogen and oxygen atoms in total. The molecule has 0 radical (unpaired) electrons. The minimum absolute atomic E-state index is 0.0759. The van der Waals surface area contributed by atoms with E-state index in [9.17, 15) is 14.0 Å². The highest BCUT2D eigenvalue weighted by atomic mass is 19.1. The second kappa shape index (κ2) is 7.63. The maximum atomic E-state index is 13.6. The molecule has 2 aromatic rings. The van der Waals surface area contributed by atoms with Crippen molar-refractivity contribution < 1.29 is 18.7 Å². The van der Waals surface area contributed by atoms with E-state index in [1.54, 1.807) is 13.0 Å². The van der Waals surface area contributed by atoms with Gasteiger partial charge in [0.15, 0.2) is 11.6 Å². The van der Waals surface area contributed by atoms with Crippen molar-refractivity contribution >= 4 is 5.91 Å². The average Bonchev–Trinajstić information content (AvgIpc) is 2.56. The molecule has 7 heteroatoms. The minimum atomic E-state index is -0.604. The summed E-state index contributed by atoms with van der Waals surface area (Å²) in [5, 5.41) is 2.66. The SMILES string of the molecule is COc1cc(C)n(CCNC(=O)c2ccc(OC)c(F)c2)c(=O)c1. The number of aromatic nitrogens is 1. The van der Waals surface area contributed by atoms with Crippen molar-refractivity contribution in [1.82, 2.24) is 9.88 Å². The molecule has 24 heavy (non-hydrogen) atoms. The fourth-order valence-electron chi connectivity index (χ4n) is 2.29. The number of halogens is 1. The van der Waals surface area contributed by atoms with Gasteiger partial charge in [0.05, 0.1) is 14.2 Å². The number of nitrogens with one attached hydrogen (secondary N) is 1. The first-order valence-electron chi connectivity index (χ1n) is 7.33. The number of ether oxygens (including phenoxy) is 2. The largest absolute Gasteiger partial charge is 0.496 e. The van der Waals surface area contributed by atoms with Gasteiger partial charge in [0.25, 0.3) is 11.5 Å². The lowest BCUT2D eigenvalue weighted by molar-refractivity contribution is 0.0951. The van der Waals surface area contributed by atoms with Gasteiger partial charge in [-0.1, -0.05) is 0 Å². The van der Waals surface area contributed by atoms with E-state index in [-0.39, 0.29) is 23.4 Å². The van der Waals surface area contributed by atoms with Gasteiger partial charge in [-0.05, 0) is 31.2 Å². The molecule has 0 saturated heterocycles. The Bertz CT molecular complexity index is 802. The minimum Gasteiger partial charge on any atom is -0.496 e. The summed E-state index contributed by atoms with van der Waals surface area (Å²) < 4.78 is 25.0.